The van der Waals surface area contributed by atoms with Crippen molar-refractivity contribution in [2.75, 3.05) is 7.11 Å². The largest absolute Gasteiger partial charge is 0.497 e. The number of nitro groups is 1. The fourth-order valence-corrected chi connectivity index (χ4v) is 3.13. The summed E-state index contributed by atoms with van der Waals surface area (Å²) in [6.45, 7) is 0. The second-order valence-corrected chi connectivity index (χ2v) is 6.49. The number of ether oxygens (including phenoxy) is 1. The standard InChI is InChI=1S/C14H12ClNO6S/c1-21-12-4-2-3-10(7-12)9-23(19,20)22-14-6-5-11(16(17)18)8-13(14)15/h2-8H,9H2,1H3. The summed E-state index contributed by atoms with van der Waals surface area (Å²) in [7, 11) is -2.51. The Morgan fingerprint density at radius 1 is 1.22 bits per heavy atom. The lowest BCUT2D eigenvalue weighted by atomic mass is 10.2. The van der Waals surface area contributed by atoms with Crippen molar-refractivity contribution in [1.82, 2.24) is 0 Å². The van der Waals surface area contributed by atoms with E-state index in [1.807, 2.05) is 0 Å². The molecule has 0 amide bonds. The Kier molecular flexibility index (Phi) is 5.07. The molecular weight excluding hydrogens is 346 g/mol. The van der Waals surface area contributed by atoms with Crippen LogP contribution in [0.1, 0.15) is 5.56 Å². The van der Waals surface area contributed by atoms with Crippen LogP contribution in [-0.2, 0) is 15.9 Å². The fourth-order valence-electron chi connectivity index (χ4n) is 1.80. The summed E-state index contributed by atoms with van der Waals surface area (Å²) >= 11 is 5.82. The van der Waals surface area contributed by atoms with Gasteiger partial charge in [0.25, 0.3) is 5.69 Å². The third-order valence-corrected chi connectivity index (χ3v) is 4.24. The molecule has 23 heavy (non-hydrogen) atoms. The molecule has 0 heterocycles. The van der Waals surface area contributed by atoms with Gasteiger partial charge in [0.2, 0.25) is 0 Å². The molecule has 0 aliphatic heterocycles. The van der Waals surface area contributed by atoms with Crippen LogP contribution in [0, 0.1) is 10.1 Å². The van der Waals surface area contributed by atoms with E-state index in [4.69, 9.17) is 20.5 Å². The average Bonchev–Trinajstić information content (AvgIpc) is 2.48. The van der Waals surface area contributed by atoms with Crippen molar-refractivity contribution in [2.45, 2.75) is 5.75 Å². The summed E-state index contributed by atoms with van der Waals surface area (Å²) in [5, 5.41) is 10.5. The van der Waals surface area contributed by atoms with Gasteiger partial charge in [-0.3, -0.25) is 10.1 Å². The molecular formula is C14H12ClNO6S. The van der Waals surface area contributed by atoms with Gasteiger partial charge in [0.15, 0.2) is 5.75 Å². The highest BCUT2D eigenvalue weighted by molar-refractivity contribution is 7.86. The maximum atomic E-state index is 12.1. The SMILES string of the molecule is COc1cccc(CS(=O)(=O)Oc2ccc([N+](=O)[O-])cc2Cl)c1. The molecule has 0 atom stereocenters. The molecule has 0 aliphatic carbocycles. The molecule has 0 fully saturated rings. The summed E-state index contributed by atoms with van der Waals surface area (Å²) in [5.74, 6) is -0.0384. The minimum absolute atomic E-state index is 0.159. The minimum atomic E-state index is -3.98. The van der Waals surface area contributed by atoms with Gasteiger partial charge in [0.1, 0.15) is 11.5 Å². The molecule has 0 unspecified atom stereocenters. The van der Waals surface area contributed by atoms with Crippen LogP contribution in [0.25, 0.3) is 0 Å². The molecule has 9 heteroatoms. The van der Waals surface area contributed by atoms with E-state index in [9.17, 15) is 18.5 Å². The van der Waals surface area contributed by atoms with Crippen molar-refractivity contribution in [2.24, 2.45) is 0 Å². The Morgan fingerprint density at radius 2 is 1.96 bits per heavy atom. The predicted octanol–water partition coefficient (Wildman–Crippen LogP) is 3.17. The van der Waals surface area contributed by atoms with Crippen molar-refractivity contribution < 1.29 is 22.3 Å². The molecule has 0 saturated heterocycles. The number of rotatable bonds is 6. The molecule has 0 spiro atoms. The molecule has 0 aliphatic rings. The highest BCUT2D eigenvalue weighted by Crippen LogP contribution is 2.30. The number of methoxy groups -OCH3 is 1. The molecule has 7 nitrogen and oxygen atoms in total. The number of hydrogen-bond donors (Lipinski definition) is 0. The van der Waals surface area contributed by atoms with Gasteiger partial charge in [-0.2, -0.15) is 8.42 Å². The third-order valence-electron chi connectivity index (χ3n) is 2.82. The Morgan fingerprint density at radius 3 is 2.57 bits per heavy atom. The van der Waals surface area contributed by atoms with Crippen LogP contribution in [0.4, 0.5) is 5.69 Å². The molecule has 0 saturated carbocycles. The normalized spacial score (nSPS) is 11.0. The van der Waals surface area contributed by atoms with Crippen LogP contribution >= 0.6 is 11.6 Å². The zero-order valence-electron chi connectivity index (χ0n) is 11.9. The lowest BCUT2D eigenvalue weighted by molar-refractivity contribution is -0.384. The first-order valence-corrected chi connectivity index (χ1v) is 8.25. The quantitative estimate of drug-likeness (QED) is 0.447. The second kappa shape index (κ2) is 6.84. The van der Waals surface area contributed by atoms with Gasteiger partial charge in [-0.05, 0) is 23.8 Å². The minimum Gasteiger partial charge on any atom is -0.497 e. The summed E-state index contributed by atoms with van der Waals surface area (Å²) in [5.41, 5.74) is 0.218. The first kappa shape index (κ1) is 17.0. The third kappa shape index (κ3) is 4.57. The van der Waals surface area contributed by atoms with Gasteiger partial charge in [0, 0.05) is 12.1 Å². The summed E-state index contributed by atoms with van der Waals surface area (Å²) in [4.78, 5) is 9.99. The van der Waals surface area contributed by atoms with Gasteiger partial charge in [-0.15, -0.1) is 0 Å². The van der Waals surface area contributed by atoms with E-state index in [0.717, 1.165) is 18.2 Å². The van der Waals surface area contributed by atoms with Crippen LogP contribution in [0.15, 0.2) is 42.5 Å². The molecule has 2 rings (SSSR count). The molecule has 0 N–H and O–H groups in total. The zero-order chi connectivity index (χ0) is 17.0. The summed E-state index contributed by atoms with van der Waals surface area (Å²) in [6.07, 6.45) is 0. The van der Waals surface area contributed by atoms with Gasteiger partial charge < -0.3 is 8.92 Å². The van der Waals surface area contributed by atoms with E-state index in [1.165, 1.54) is 7.11 Å². The molecule has 0 aromatic heterocycles. The van der Waals surface area contributed by atoms with Gasteiger partial charge >= 0.3 is 10.1 Å². The van der Waals surface area contributed by atoms with E-state index >= 15 is 0 Å². The fraction of sp³-hybridized carbons (Fsp3) is 0.143. The summed E-state index contributed by atoms with van der Waals surface area (Å²) in [6, 6.07) is 9.80. The zero-order valence-corrected chi connectivity index (χ0v) is 13.5. The lowest BCUT2D eigenvalue weighted by Gasteiger charge is -2.09. The Labute approximate surface area is 137 Å². The van der Waals surface area contributed by atoms with Crippen molar-refractivity contribution in [1.29, 1.82) is 0 Å². The van der Waals surface area contributed by atoms with Crippen LogP contribution < -0.4 is 8.92 Å². The second-order valence-electron chi connectivity index (χ2n) is 4.51. The van der Waals surface area contributed by atoms with E-state index in [0.29, 0.717) is 11.3 Å². The molecule has 0 bridgehead atoms. The first-order chi connectivity index (χ1) is 10.8. The van der Waals surface area contributed by atoms with Gasteiger partial charge in [-0.1, -0.05) is 23.7 Å². The maximum absolute atomic E-state index is 12.1. The van der Waals surface area contributed by atoms with Crippen LogP contribution in [0.2, 0.25) is 5.02 Å². The Bertz CT molecular complexity index is 837. The van der Waals surface area contributed by atoms with E-state index in [1.54, 1.807) is 24.3 Å². The van der Waals surface area contributed by atoms with Crippen LogP contribution in [-0.4, -0.2) is 20.5 Å². The monoisotopic (exact) mass is 357 g/mol. The maximum Gasteiger partial charge on any atom is 0.313 e. The average molecular weight is 358 g/mol. The van der Waals surface area contributed by atoms with Crippen molar-refractivity contribution >= 4 is 27.4 Å². The highest BCUT2D eigenvalue weighted by atomic mass is 35.5. The number of nitro benzene ring substituents is 1. The molecule has 2 aromatic rings. The first-order valence-electron chi connectivity index (χ1n) is 6.30. The predicted molar refractivity (Wildman–Crippen MR) is 84.4 cm³/mol. The molecule has 2 aromatic carbocycles. The lowest BCUT2D eigenvalue weighted by Crippen LogP contribution is -2.12. The number of nitrogens with zero attached hydrogens (tertiary/aromatic N) is 1. The van der Waals surface area contributed by atoms with E-state index in [2.05, 4.69) is 0 Å². The van der Waals surface area contributed by atoms with Gasteiger partial charge in [-0.25, -0.2) is 0 Å². The van der Waals surface area contributed by atoms with E-state index < -0.39 is 20.8 Å². The van der Waals surface area contributed by atoms with E-state index in [-0.39, 0.29) is 16.5 Å². The smallest absolute Gasteiger partial charge is 0.313 e. The number of benzene rings is 2. The number of hydrogen-bond acceptors (Lipinski definition) is 6. The van der Waals surface area contributed by atoms with Crippen LogP contribution in [0.3, 0.4) is 0 Å². The van der Waals surface area contributed by atoms with Crippen molar-refractivity contribution in [3.05, 3.63) is 63.2 Å². The van der Waals surface area contributed by atoms with Crippen molar-refractivity contribution in [3.8, 4) is 11.5 Å². The highest BCUT2D eigenvalue weighted by Gasteiger charge is 2.18. The molecule has 122 valence electrons. The Hall–Kier alpha value is -2.32. The number of non-ortho nitro benzene ring substituents is 1. The van der Waals surface area contributed by atoms with Gasteiger partial charge in [0.05, 0.1) is 17.1 Å². The topological polar surface area (TPSA) is 95.7 Å². The van der Waals surface area contributed by atoms with Crippen molar-refractivity contribution in [3.63, 3.8) is 0 Å². The number of halogens is 1. The van der Waals surface area contributed by atoms with Crippen LogP contribution in [0.5, 0.6) is 11.5 Å². The summed E-state index contributed by atoms with van der Waals surface area (Å²) < 4.78 is 34.1. The Balaban J connectivity index is 2.19. The molecule has 0 radical (unpaired) electrons.